The van der Waals surface area contributed by atoms with Gasteiger partial charge < -0.3 is 0 Å². The lowest BCUT2D eigenvalue weighted by Crippen LogP contribution is -2.05. The molecule has 0 saturated carbocycles. The Labute approximate surface area is 168 Å². The Bertz CT molecular complexity index is 1080. The summed E-state index contributed by atoms with van der Waals surface area (Å²) < 4.78 is 16.4. The molecular weight excluding hydrogens is 369 g/mol. The number of rotatable bonds is 6. The highest BCUT2D eigenvalue weighted by Gasteiger charge is 2.17. The maximum absolute atomic E-state index is 14.4. The Morgan fingerprint density at radius 2 is 1.57 bits per heavy atom. The Morgan fingerprint density at radius 1 is 0.857 bits per heavy atom. The fraction of sp³-hybridized carbons (Fsp3) is 0.130. The Morgan fingerprint density at radius 3 is 2.36 bits per heavy atom. The minimum atomic E-state index is -0.292. The maximum Gasteiger partial charge on any atom is 0.192 e. The molecule has 0 unspecified atom stereocenters. The zero-order valence-electron chi connectivity index (χ0n) is 15.5. The van der Waals surface area contributed by atoms with Crippen LogP contribution in [0.25, 0.3) is 11.4 Å². The lowest BCUT2D eigenvalue weighted by molar-refractivity contribution is 0.626. The molecule has 0 saturated heterocycles. The number of benzene rings is 3. The first kappa shape index (κ1) is 18.4. The van der Waals surface area contributed by atoms with E-state index in [-0.39, 0.29) is 5.82 Å². The van der Waals surface area contributed by atoms with E-state index in [2.05, 4.69) is 41.4 Å². The molecule has 3 nitrogen and oxygen atoms in total. The van der Waals surface area contributed by atoms with E-state index in [1.807, 2.05) is 41.0 Å². The molecule has 0 atom stereocenters. The molecule has 0 N–H and O–H groups in total. The monoisotopic (exact) mass is 389 g/mol. The highest BCUT2D eigenvalue weighted by molar-refractivity contribution is 7.98. The zero-order chi connectivity index (χ0) is 19.3. The Balaban J connectivity index is 1.70. The molecule has 3 aromatic carbocycles. The zero-order valence-corrected chi connectivity index (χ0v) is 16.4. The van der Waals surface area contributed by atoms with Crippen molar-refractivity contribution in [1.82, 2.24) is 14.8 Å². The fourth-order valence-corrected chi connectivity index (χ4v) is 4.07. The summed E-state index contributed by atoms with van der Waals surface area (Å²) >= 11 is 1.62. The summed E-state index contributed by atoms with van der Waals surface area (Å²) in [6, 6.07) is 25.1. The quantitative estimate of drug-likeness (QED) is 0.394. The molecule has 0 fully saturated rings. The van der Waals surface area contributed by atoms with Gasteiger partial charge in [-0.05, 0) is 35.7 Å². The van der Waals surface area contributed by atoms with Crippen LogP contribution in [0.2, 0.25) is 0 Å². The van der Waals surface area contributed by atoms with Gasteiger partial charge in [0.05, 0.1) is 12.1 Å². The summed E-state index contributed by atoms with van der Waals surface area (Å²) in [7, 11) is 0. The van der Waals surface area contributed by atoms with Gasteiger partial charge >= 0.3 is 0 Å². The van der Waals surface area contributed by atoms with Crippen molar-refractivity contribution in [2.75, 3.05) is 0 Å². The summed E-state index contributed by atoms with van der Waals surface area (Å²) in [5.74, 6) is 1.05. The summed E-state index contributed by atoms with van der Waals surface area (Å²) in [4.78, 5) is 0. The van der Waals surface area contributed by atoms with Gasteiger partial charge in [0, 0.05) is 5.75 Å². The molecule has 0 amide bonds. The average molecular weight is 389 g/mol. The number of aromatic nitrogens is 3. The largest absolute Gasteiger partial charge is 0.297 e. The van der Waals surface area contributed by atoms with Crippen LogP contribution in [0.5, 0.6) is 0 Å². The van der Waals surface area contributed by atoms with Crippen molar-refractivity contribution in [1.29, 1.82) is 0 Å². The van der Waals surface area contributed by atoms with Gasteiger partial charge in [-0.3, -0.25) is 4.57 Å². The highest BCUT2D eigenvalue weighted by Crippen LogP contribution is 2.29. The molecule has 0 aliphatic rings. The van der Waals surface area contributed by atoms with Gasteiger partial charge in [-0.15, -0.1) is 10.2 Å². The average Bonchev–Trinajstić information content (AvgIpc) is 3.11. The predicted molar refractivity (Wildman–Crippen MR) is 112 cm³/mol. The molecule has 0 aliphatic carbocycles. The van der Waals surface area contributed by atoms with Crippen LogP contribution < -0.4 is 0 Å². The third-order valence-electron chi connectivity index (χ3n) is 4.63. The van der Waals surface area contributed by atoms with Crippen molar-refractivity contribution < 1.29 is 4.39 Å². The highest BCUT2D eigenvalue weighted by atomic mass is 32.2. The van der Waals surface area contributed by atoms with Crippen LogP contribution in [0.15, 0.2) is 84.0 Å². The molecule has 5 heteroatoms. The lowest BCUT2D eigenvalue weighted by atomic mass is 10.1. The lowest BCUT2D eigenvalue weighted by Gasteiger charge is -2.11. The Kier molecular flexibility index (Phi) is 5.53. The predicted octanol–water partition coefficient (Wildman–Crippen LogP) is 5.73. The van der Waals surface area contributed by atoms with E-state index < -0.39 is 0 Å². The third kappa shape index (κ3) is 3.99. The van der Waals surface area contributed by atoms with Gasteiger partial charge in [0.2, 0.25) is 0 Å². The van der Waals surface area contributed by atoms with Crippen LogP contribution in [0.3, 0.4) is 0 Å². The van der Waals surface area contributed by atoms with E-state index >= 15 is 0 Å². The van der Waals surface area contributed by atoms with Crippen LogP contribution in [0.4, 0.5) is 4.39 Å². The van der Waals surface area contributed by atoms with Crippen molar-refractivity contribution in [3.8, 4) is 11.4 Å². The molecule has 0 aliphatic heterocycles. The van der Waals surface area contributed by atoms with E-state index in [0.717, 1.165) is 16.5 Å². The van der Waals surface area contributed by atoms with E-state index in [1.165, 1.54) is 17.2 Å². The molecule has 0 spiro atoms. The molecule has 0 bridgehead atoms. The van der Waals surface area contributed by atoms with Crippen LogP contribution in [0, 0.1) is 12.7 Å². The second kappa shape index (κ2) is 8.40. The van der Waals surface area contributed by atoms with E-state index in [1.54, 1.807) is 23.9 Å². The van der Waals surface area contributed by atoms with Crippen molar-refractivity contribution in [3.05, 3.63) is 101 Å². The third-order valence-corrected chi connectivity index (χ3v) is 5.65. The minimum Gasteiger partial charge on any atom is -0.297 e. The fourth-order valence-electron chi connectivity index (χ4n) is 3.06. The Hall–Kier alpha value is -2.92. The normalized spacial score (nSPS) is 10.9. The van der Waals surface area contributed by atoms with E-state index in [4.69, 9.17) is 0 Å². The second-order valence-corrected chi connectivity index (χ2v) is 7.52. The number of hydrogen-bond donors (Lipinski definition) is 0. The number of thioether (sulfide) groups is 1. The van der Waals surface area contributed by atoms with Crippen molar-refractivity contribution in [2.24, 2.45) is 0 Å². The molecule has 140 valence electrons. The van der Waals surface area contributed by atoms with E-state index in [9.17, 15) is 4.39 Å². The summed E-state index contributed by atoms with van der Waals surface area (Å²) in [6.07, 6.45) is 0. The first-order chi connectivity index (χ1) is 13.7. The van der Waals surface area contributed by atoms with Gasteiger partial charge in [0.15, 0.2) is 11.0 Å². The second-order valence-electron chi connectivity index (χ2n) is 6.57. The summed E-state index contributed by atoms with van der Waals surface area (Å²) in [6.45, 7) is 2.70. The SMILES string of the molecule is Cc1ccccc1CSc1nnc(-c2ccccc2F)n1Cc1ccccc1. The van der Waals surface area contributed by atoms with Gasteiger partial charge in [0.25, 0.3) is 0 Å². The first-order valence-electron chi connectivity index (χ1n) is 9.11. The van der Waals surface area contributed by atoms with Gasteiger partial charge in [-0.25, -0.2) is 4.39 Å². The molecular formula is C23H20FN3S. The topological polar surface area (TPSA) is 30.7 Å². The molecule has 28 heavy (non-hydrogen) atoms. The van der Waals surface area contributed by atoms with Gasteiger partial charge in [0.1, 0.15) is 5.82 Å². The standard InChI is InChI=1S/C23H20FN3S/c1-17-9-5-6-12-19(17)16-28-23-26-25-22(20-13-7-8-14-21(20)24)27(23)15-18-10-3-2-4-11-18/h2-14H,15-16H2,1H3. The number of nitrogens with zero attached hydrogens (tertiary/aromatic N) is 3. The number of halogens is 1. The number of hydrogen-bond acceptors (Lipinski definition) is 3. The molecule has 1 heterocycles. The van der Waals surface area contributed by atoms with E-state index in [0.29, 0.717) is 17.9 Å². The molecule has 4 rings (SSSR count). The van der Waals surface area contributed by atoms with Crippen LogP contribution in [-0.4, -0.2) is 14.8 Å². The van der Waals surface area contributed by atoms with Crippen LogP contribution in [0.1, 0.15) is 16.7 Å². The first-order valence-corrected chi connectivity index (χ1v) is 10.1. The maximum atomic E-state index is 14.4. The van der Waals surface area contributed by atoms with Gasteiger partial charge in [-0.1, -0.05) is 78.5 Å². The van der Waals surface area contributed by atoms with Gasteiger partial charge in [-0.2, -0.15) is 0 Å². The van der Waals surface area contributed by atoms with Crippen LogP contribution >= 0.6 is 11.8 Å². The molecule has 4 aromatic rings. The molecule has 0 radical (unpaired) electrons. The molecule has 1 aromatic heterocycles. The minimum absolute atomic E-state index is 0.292. The van der Waals surface area contributed by atoms with Crippen LogP contribution in [-0.2, 0) is 12.3 Å². The summed E-state index contributed by atoms with van der Waals surface area (Å²) in [5, 5.41) is 9.50. The summed E-state index contributed by atoms with van der Waals surface area (Å²) in [5.41, 5.74) is 4.10. The van der Waals surface area contributed by atoms with Crippen molar-refractivity contribution >= 4 is 11.8 Å². The number of aryl methyl sites for hydroxylation is 1. The van der Waals surface area contributed by atoms with Crippen molar-refractivity contribution in [3.63, 3.8) is 0 Å². The van der Waals surface area contributed by atoms with Crippen molar-refractivity contribution in [2.45, 2.75) is 24.4 Å². The smallest absolute Gasteiger partial charge is 0.192 e.